The molecule has 1 aromatic rings. The largest absolute Gasteiger partial charge is 0.105 e. The Morgan fingerprint density at radius 3 is 1.81 bits per heavy atom. The number of allylic oxidation sites excluding steroid dienone is 2. The second-order valence-electron chi connectivity index (χ2n) is 7.43. The zero-order valence-corrected chi connectivity index (χ0v) is 13.5. The van der Waals surface area contributed by atoms with E-state index in [1.54, 1.807) is 5.56 Å². The van der Waals surface area contributed by atoms with E-state index in [1.165, 1.54) is 51.4 Å². The van der Waals surface area contributed by atoms with Crippen molar-refractivity contribution >= 4 is 7.85 Å². The minimum absolute atomic E-state index is 0.811. The molecule has 0 aromatic heterocycles. The highest BCUT2D eigenvalue weighted by Crippen LogP contribution is 2.37. The van der Waals surface area contributed by atoms with Gasteiger partial charge in [0.25, 0.3) is 0 Å². The van der Waals surface area contributed by atoms with Crippen molar-refractivity contribution in [3.63, 3.8) is 0 Å². The summed E-state index contributed by atoms with van der Waals surface area (Å²) in [5, 5.41) is 0. The van der Waals surface area contributed by atoms with Gasteiger partial charge in [0.15, 0.2) is 0 Å². The molecular weight excluding hydrogens is 251 g/mol. The molecule has 0 bridgehead atoms. The summed E-state index contributed by atoms with van der Waals surface area (Å²) in [6.45, 7) is 0. The Morgan fingerprint density at radius 2 is 1.24 bits per heavy atom. The third kappa shape index (κ3) is 4.25. The van der Waals surface area contributed by atoms with Crippen LogP contribution in [0.3, 0.4) is 0 Å². The number of rotatable bonds is 3. The van der Waals surface area contributed by atoms with Gasteiger partial charge in [0.05, 0.1) is 0 Å². The molecule has 0 unspecified atom stereocenters. The molecule has 112 valence electrons. The Balaban J connectivity index is 1.45. The van der Waals surface area contributed by atoms with Gasteiger partial charge in [-0.05, 0) is 61.8 Å². The zero-order valence-electron chi connectivity index (χ0n) is 13.5. The molecule has 2 aliphatic carbocycles. The average Bonchev–Trinajstić information content (AvgIpc) is 2.56. The van der Waals surface area contributed by atoms with E-state index < -0.39 is 0 Å². The van der Waals surface area contributed by atoms with Crippen LogP contribution < -0.4 is 0 Å². The summed E-state index contributed by atoms with van der Waals surface area (Å²) in [6.07, 6.45) is 16.4. The maximum absolute atomic E-state index is 2.57. The summed E-state index contributed by atoms with van der Waals surface area (Å²) in [6, 6.07) is 11.1. The van der Waals surface area contributed by atoms with E-state index in [0.29, 0.717) is 0 Å². The lowest BCUT2D eigenvalue weighted by atomic mass is 9.71. The maximum Gasteiger partial charge on any atom is 0.105 e. The predicted molar refractivity (Wildman–Crippen MR) is 94.5 cm³/mol. The molecule has 0 saturated heterocycles. The minimum Gasteiger partial charge on any atom is -0.0851 e. The second-order valence-corrected chi connectivity index (χ2v) is 7.43. The topological polar surface area (TPSA) is 0 Å². The van der Waals surface area contributed by atoms with Gasteiger partial charge < -0.3 is 0 Å². The van der Waals surface area contributed by atoms with Crippen molar-refractivity contribution in [2.45, 2.75) is 63.1 Å². The van der Waals surface area contributed by atoms with Crippen LogP contribution >= 0.6 is 0 Å². The Hall–Kier alpha value is -0.975. The SMILES string of the molecule is BC1CCC(C=CC2CCC(c3ccccc3)CC2)CC1. The molecule has 21 heavy (non-hydrogen) atoms. The van der Waals surface area contributed by atoms with Crippen molar-refractivity contribution < 1.29 is 0 Å². The van der Waals surface area contributed by atoms with E-state index in [2.05, 4.69) is 50.3 Å². The lowest BCUT2D eigenvalue weighted by Gasteiger charge is -2.28. The van der Waals surface area contributed by atoms with Crippen molar-refractivity contribution in [2.75, 3.05) is 0 Å². The van der Waals surface area contributed by atoms with E-state index in [0.717, 1.165) is 23.6 Å². The molecule has 0 heterocycles. The van der Waals surface area contributed by atoms with Gasteiger partial charge in [-0.1, -0.05) is 61.1 Å². The van der Waals surface area contributed by atoms with E-state index in [-0.39, 0.29) is 0 Å². The first-order valence-electron chi connectivity index (χ1n) is 9.04. The number of hydrogen-bond donors (Lipinski definition) is 0. The van der Waals surface area contributed by atoms with Crippen molar-refractivity contribution in [2.24, 2.45) is 11.8 Å². The first-order valence-corrected chi connectivity index (χ1v) is 9.04. The van der Waals surface area contributed by atoms with Crippen LogP contribution in [0, 0.1) is 11.8 Å². The van der Waals surface area contributed by atoms with Crippen LogP contribution in [-0.4, -0.2) is 7.85 Å². The monoisotopic (exact) mass is 280 g/mol. The van der Waals surface area contributed by atoms with Crippen LogP contribution in [0.5, 0.6) is 0 Å². The van der Waals surface area contributed by atoms with Crippen molar-refractivity contribution in [1.29, 1.82) is 0 Å². The smallest absolute Gasteiger partial charge is 0.0851 e. The van der Waals surface area contributed by atoms with E-state index in [9.17, 15) is 0 Å². The summed E-state index contributed by atoms with van der Waals surface area (Å²) >= 11 is 0. The molecule has 0 amide bonds. The summed E-state index contributed by atoms with van der Waals surface area (Å²) in [5.41, 5.74) is 1.56. The van der Waals surface area contributed by atoms with Crippen molar-refractivity contribution in [3.8, 4) is 0 Å². The molecule has 0 aliphatic heterocycles. The molecule has 2 saturated carbocycles. The molecule has 0 N–H and O–H groups in total. The third-order valence-corrected chi connectivity index (χ3v) is 5.76. The van der Waals surface area contributed by atoms with Crippen molar-refractivity contribution in [3.05, 3.63) is 48.0 Å². The van der Waals surface area contributed by atoms with Gasteiger partial charge in [-0.3, -0.25) is 0 Å². The van der Waals surface area contributed by atoms with Crippen LogP contribution in [0.2, 0.25) is 5.82 Å². The second kappa shape index (κ2) is 7.34. The van der Waals surface area contributed by atoms with Gasteiger partial charge in [-0.2, -0.15) is 0 Å². The molecule has 0 radical (unpaired) electrons. The molecule has 0 spiro atoms. The van der Waals surface area contributed by atoms with Crippen LogP contribution in [0.15, 0.2) is 42.5 Å². The molecule has 2 fully saturated rings. The molecule has 1 aromatic carbocycles. The quantitative estimate of drug-likeness (QED) is 0.532. The first kappa shape index (κ1) is 14.9. The van der Waals surface area contributed by atoms with E-state index in [4.69, 9.17) is 0 Å². The van der Waals surface area contributed by atoms with Gasteiger partial charge in [0.2, 0.25) is 0 Å². The molecule has 3 rings (SSSR count). The van der Waals surface area contributed by atoms with Crippen LogP contribution in [-0.2, 0) is 0 Å². The Bertz CT molecular complexity index is 434. The highest BCUT2D eigenvalue weighted by atomic mass is 14.3. The molecule has 0 nitrogen and oxygen atoms in total. The fourth-order valence-corrected chi connectivity index (χ4v) is 4.16. The molecular formula is C20H29B. The van der Waals surface area contributed by atoms with Crippen LogP contribution in [0.1, 0.15) is 62.8 Å². The minimum atomic E-state index is 0.811. The van der Waals surface area contributed by atoms with Gasteiger partial charge in [-0.25, -0.2) is 0 Å². The summed E-state index contributed by atoms with van der Waals surface area (Å²) in [4.78, 5) is 0. The standard InChI is InChI=1S/C20H29B/c21-20-14-10-17(11-15-20)7-6-16-8-12-19(13-9-16)18-4-2-1-3-5-18/h1-7,16-17,19-20H,8-15,21H2. The molecule has 2 aliphatic rings. The molecule has 1 heteroatoms. The normalized spacial score (nSPS) is 34.1. The fourth-order valence-electron chi connectivity index (χ4n) is 4.16. The predicted octanol–water partition coefficient (Wildman–Crippen LogP) is 5.13. The summed E-state index contributed by atoms with van der Waals surface area (Å²) in [5.74, 6) is 3.51. The third-order valence-electron chi connectivity index (χ3n) is 5.76. The lowest BCUT2D eigenvalue weighted by Crippen LogP contribution is -2.13. The van der Waals surface area contributed by atoms with Gasteiger partial charge in [0.1, 0.15) is 7.85 Å². The zero-order chi connectivity index (χ0) is 14.5. The fraction of sp³-hybridized carbons (Fsp3) is 0.600. The van der Waals surface area contributed by atoms with Gasteiger partial charge in [0, 0.05) is 0 Å². The van der Waals surface area contributed by atoms with Crippen LogP contribution in [0.4, 0.5) is 0 Å². The van der Waals surface area contributed by atoms with Gasteiger partial charge in [-0.15, -0.1) is 0 Å². The van der Waals surface area contributed by atoms with Crippen LogP contribution in [0.25, 0.3) is 0 Å². The number of hydrogen-bond acceptors (Lipinski definition) is 0. The summed E-state index contributed by atoms with van der Waals surface area (Å²) < 4.78 is 0. The highest BCUT2D eigenvalue weighted by Gasteiger charge is 2.21. The average molecular weight is 280 g/mol. The Kier molecular flexibility index (Phi) is 5.22. The number of benzene rings is 1. The Labute approximate surface area is 131 Å². The van der Waals surface area contributed by atoms with E-state index in [1.807, 2.05) is 0 Å². The van der Waals surface area contributed by atoms with E-state index >= 15 is 0 Å². The maximum atomic E-state index is 2.57. The van der Waals surface area contributed by atoms with Crippen molar-refractivity contribution in [1.82, 2.24) is 0 Å². The molecule has 0 atom stereocenters. The lowest BCUT2D eigenvalue weighted by molar-refractivity contribution is 0.370. The first-order chi connectivity index (χ1) is 10.3. The highest BCUT2D eigenvalue weighted by molar-refractivity contribution is 6.11. The summed E-state index contributed by atoms with van der Waals surface area (Å²) in [7, 11) is 2.41. The van der Waals surface area contributed by atoms with Gasteiger partial charge >= 0.3 is 0 Å². The Morgan fingerprint density at radius 1 is 0.714 bits per heavy atom.